The topological polar surface area (TPSA) is 0 Å². The highest BCUT2D eigenvalue weighted by molar-refractivity contribution is 4.24. The second-order valence-electron chi connectivity index (χ2n) is 2.06. The SMILES string of the molecule is C.C.C.C.CCC.CCCCC. The molecule has 12 heavy (non-hydrogen) atoms. The van der Waals surface area contributed by atoms with Crippen LogP contribution in [0.25, 0.3) is 0 Å². The van der Waals surface area contributed by atoms with Crippen molar-refractivity contribution in [1.29, 1.82) is 0 Å². The molecule has 0 radical (unpaired) electrons. The third-order valence-electron chi connectivity index (χ3n) is 0.707. The van der Waals surface area contributed by atoms with Gasteiger partial charge in [-0.15, -0.1) is 0 Å². The summed E-state index contributed by atoms with van der Waals surface area (Å²) in [7, 11) is 0. The zero-order valence-electron chi connectivity index (χ0n) is 6.83. The van der Waals surface area contributed by atoms with Crippen LogP contribution in [0.1, 0.15) is 83.1 Å². The van der Waals surface area contributed by atoms with Crippen molar-refractivity contribution in [1.82, 2.24) is 0 Å². The zero-order chi connectivity index (χ0) is 6.83. The lowest BCUT2D eigenvalue weighted by atomic mass is 10.3. The fourth-order valence-electron chi connectivity index (χ4n) is 0.354. The molecule has 84 valence electrons. The van der Waals surface area contributed by atoms with Gasteiger partial charge in [-0.05, 0) is 0 Å². The van der Waals surface area contributed by atoms with Gasteiger partial charge >= 0.3 is 0 Å². The predicted octanol–water partition coefficient (Wildman–Crippen LogP) is 6.16. The summed E-state index contributed by atoms with van der Waals surface area (Å²) in [5.41, 5.74) is 0. The summed E-state index contributed by atoms with van der Waals surface area (Å²) in [4.78, 5) is 0. The molecular formula is C12H36. The van der Waals surface area contributed by atoms with Gasteiger partial charge in [0.2, 0.25) is 0 Å². The van der Waals surface area contributed by atoms with Gasteiger partial charge in [0.25, 0.3) is 0 Å². The van der Waals surface area contributed by atoms with Crippen LogP contribution in [0.15, 0.2) is 0 Å². The molecule has 0 saturated carbocycles. The zero-order valence-corrected chi connectivity index (χ0v) is 6.83. The molecule has 0 bridgehead atoms. The maximum absolute atomic E-state index is 2.21. The molecule has 0 aliphatic heterocycles. The molecule has 0 aromatic carbocycles. The molecule has 0 saturated heterocycles. The molecule has 0 amide bonds. The van der Waals surface area contributed by atoms with E-state index >= 15 is 0 Å². The highest BCUT2D eigenvalue weighted by Crippen LogP contribution is 1.88. The first-order valence-electron chi connectivity index (χ1n) is 3.83. The molecular weight excluding hydrogens is 144 g/mol. The van der Waals surface area contributed by atoms with Crippen molar-refractivity contribution < 1.29 is 0 Å². The maximum Gasteiger partial charge on any atom is -0.0538 e. The van der Waals surface area contributed by atoms with E-state index in [0.29, 0.717) is 0 Å². The molecule has 0 nitrogen and oxygen atoms in total. The minimum atomic E-state index is 0. The normalized spacial score (nSPS) is 5.00. The third kappa shape index (κ3) is 202. The Morgan fingerprint density at radius 3 is 0.750 bits per heavy atom. The van der Waals surface area contributed by atoms with E-state index in [1.807, 2.05) is 0 Å². The Balaban J connectivity index is -0.0000000119. The Morgan fingerprint density at radius 1 is 0.583 bits per heavy atom. The highest BCUT2D eigenvalue weighted by Gasteiger charge is 1.68. The van der Waals surface area contributed by atoms with Crippen molar-refractivity contribution in [2.75, 3.05) is 0 Å². The third-order valence-corrected chi connectivity index (χ3v) is 0.707. The summed E-state index contributed by atoms with van der Waals surface area (Å²) in [5, 5.41) is 0. The monoisotopic (exact) mass is 180 g/mol. The maximum atomic E-state index is 2.21. The van der Waals surface area contributed by atoms with Gasteiger partial charge in [-0.1, -0.05) is 83.1 Å². The van der Waals surface area contributed by atoms with Crippen molar-refractivity contribution in [3.05, 3.63) is 0 Å². The Morgan fingerprint density at radius 2 is 0.750 bits per heavy atom. The molecule has 0 spiro atoms. The van der Waals surface area contributed by atoms with Crippen LogP contribution in [0.2, 0.25) is 0 Å². The number of hydrogen-bond donors (Lipinski definition) is 0. The van der Waals surface area contributed by atoms with Gasteiger partial charge in [0.15, 0.2) is 0 Å². The Labute approximate surface area is 83.8 Å². The minimum absolute atomic E-state index is 0. The molecule has 0 aliphatic carbocycles. The van der Waals surface area contributed by atoms with Gasteiger partial charge < -0.3 is 0 Å². The van der Waals surface area contributed by atoms with Crippen molar-refractivity contribution >= 4 is 0 Å². The quantitative estimate of drug-likeness (QED) is 0.477. The van der Waals surface area contributed by atoms with Crippen LogP contribution >= 0.6 is 0 Å². The number of unbranched alkanes of at least 4 members (excludes halogenated alkanes) is 2. The fraction of sp³-hybridized carbons (Fsp3) is 1.00. The summed E-state index contributed by atoms with van der Waals surface area (Å²) in [6.07, 6.45) is 5.33. The van der Waals surface area contributed by atoms with E-state index in [-0.39, 0.29) is 29.7 Å². The summed E-state index contributed by atoms with van der Waals surface area (Å²) < 4.78 is 0. The Bertz CT molecular complexity index is 14.0. The van der Waals surface area contributed by atoms with Crippen LogP contribution in [-0.4, -0.2) is 0 Å². The Kier molecular flexibility index (Phi) is 231. The molecule has 0 N–H and O–H groups in total. The lowest BCUT2D eigenvalue weighted by Crippen LogP contribution is -1.59. The van der Waals surface area contributed by atoms with E-state index in [2.05, 4.69) is 27.7 Å². The van der Waals surface area contributed by atoms with Crippen LogP contribution in [0.4, 0.5) is 0 Å². The molecule has 0 heterocycles. The fourth-order valence-corrected chi connectivity index (χ4v) is 0.354. The lowest BCUT2D eigenvalue weighted by molar-refractivity contribution is 0.772. The van der Waals surface area contributed by atoms with Crippen LogP contribution in [0.3, 0.4) is 0 Å². The largest absolute Gasteiger partial charge is 0.0776 e. The summed E-state index contributed by atoms with van der Waals surface area (Å²) in [6, 6.07) is 0. The first kappa shape index (κ1) is 40.3. The van der Waals surface area contributed by atoms with E-state index in [4.69, 9.17) is 0 Å². The molecule has 0 aliphatic rings. The van der Waals surface area contributed by atoms with Gasteiger partial charge in [-0.2, -0.15) is 0 Å². The van der Waals surface area contributed by atoms with E-state index in [1.165, 1.54) is 25.7 Å². The summed E-state index contributed by atoms with van der Waals surface area (Å²) in [5.74, 6) is 0. The standard InChI is InChI=1S/C5H12.C3H8.4CH4/c1-3-5-4-2;1-3-2;;;;/h3-5H2,1-2H3;3H2,1-2H3;4*1H4. The molecule has 0 aromatic rings. The minimum Gasteiger partial charge on any atom is -0.0776 e. The Hall–Kier alpha value is 0. The summed E-state index contributed by atoms with van der Waals surface area (Å²) >= 11 is 0. The van der Waals surface area contributed by atoms with Crippen molar-refractivity contribution in [3.8, 4) is 0 Å². The highest BCUT2D eigenvalue weighted by atomic mass is 13.7. The molecule has 0 heteroatoms. The molecule has 0 atom stereocenters. The molecule has 0 unspecified atom stereocenters. The first-order valence-corrected chi connectivity index (χ1v) is 3.83. The lowest BCUT2D eigenvalue weighted by Gasteiger charge is -1.79. The second-order valence-corrected chi connectivity index (χ2v) is 2.06. The van der Waals surface area contributed by atoms with Crippen molar-refractivity contribution in [3.63, 3.8) is 0 Å². The van der Waals surface area contributed by atoms with Gasteiger partial charge in [-0.25, -0.2) is 0 Å². The molecule has 0 aromatic heterocycles. The molecule has 0 fully saturated rings. The number of rotatable bonds is 2. The van der Waals surface area contributed by atoms with Gasteiger partial charge in [-0.3, -0.25) is 0 Å². The van der Waals surface area contributed by atoms with Crippen molar-refractivity contribution in [2.24, 2.45) is 0 Å². The van der Waals surface area contributed by atoms with Crippen LogP contribution < -0.4 is 0 Å². The molecule has 0 rings (SSSR count). The van der Waals surface area contributed by atoms with Gasteiger partial charge in [0, 0.05) is 0 Å². The second kappa shape index (κ2) is 68.8. The first-order chi connectivity index (χ1) is 3.83. The van der Waals surface area contributed by atoms with Crippen LogP contribution in [0, 0.1) is 0 Å². The number of hydrogen-bond acceptors (Lipinski definition) is 0. The summed E-state index contributed by atoms with van der Waals surface area (Å²) in [6.45, 7) is 8.67. The van der Waals surface area contributed by atoms with E-state index in [0.717, 1.165) is 0 Å². The smallest absolute Gasteiger partial charge is 0.0538 e. The predicted molar refractivity (Wildman–Crippen MR) is 68.1 cm³/mol. The van der Waals surface area contributed by atoms with E-state index in [1.54, 1.807) is 0 Å². The van der Waals surface area contributed by atoms with E-state index < -0.39 is 0 Å². The van der Waals surface area contributed by atoms with Gasteiger partial charge in [0.1, 0.15) is 0 Å². The van der Waals surface area contributed by atoms with Gasteiger partial charge in [0.05, 0.1) is 0 Å². The van der Waals surface area contributed by atoms with Crippen LogP contribution in [-0.2, 0) is 0 Å². The average Bonchev–Trinajstić information content (AvgIpc) is 1.71. The van der Waals surface area contributed by atoms with E-state index in [9.17, 15) is 0 Å². The average molecular weight is 180 g/mol. The van der Waals surface area contributed by atoms with Crippen molar-refractivity contribution in [2.45, 2.75) is 83.1 Å². The van der Waals surface area contributed by atoms with Crippen LogP contribution in [0.5, 0.6) is 0 Å².